The number of rotatable bonds is 9. The lowest BCUT2D eigenvalue weighted by molar-refractivity contribution is -0.140. The number of aromatic nitrogens is 5. The highest BCUT2D eigenvalue weighted by Gasteiger charge is 2.38. The molecule has 7 nitrogen and oxygen atoms in total. The number of aldehydes is 1. The molecule has 0 aliphatic heterocycles. The lowest BCUT2D eigenvalue weighted by atomic mass is 9.91. The van der Waals surface area contributed by atoms with Crippen molar-refractivity contribution < 1.29 is 18.0 Å². The predicted octanol–water partition coefficient (Wildman–Crippen LogP) is 6.46. The summed E-state index contributed by atoms with van der Waals surface area (Å²) in [6, 6.07) is 13.3. The highest BCUT2D eigenvalue weighted by molar-refractivity contribution is 9.10. The summed E-state index contributed by atoms with van der Waals surface area (Å²) in [6.45, 7) is 3.22. The van der Waals surface area contributed by atoms with Gasteiger partial charge in [-0.15, -0.1) is 0 Å². The molecule has 0 aliphatic carbocycles. The van der Waals surface area contributed by atoms with Crippen LogP contribution in [0.5, 0.6) is 0 Å². The molecule has 212 valence electrons. The van der Waals surface area contributed by atoms with E-state index in [-0.39, 0.29) is 5.56 Å². The summed E-state index contributed by atoms with van der Waals surface area (Å²) in [5.41, 5.74) is 2.64. The van der Waals surface area contributed by atoms with E-state index in [1.807, 2.05) is 53.8 Å². The molecule has 11 heteroatoms. The zero-order chi connectivity index (χ0) is 29.3. The van der Waals surface area contributed by atoms with E-state index in [1.165, 1.54) is 13.2 Å². The SMILES string of the molecule is Cc1nccn1Cc1cc(C=O)c(CCN(C)Cc2cc(Br)c3ccccc3n2)c(-c2cn(C)nc2C(F)(F)F)c1. The van der Waals surface area contributed by atoms with Crippen molar-refractivity contribution in [3.05, 3.63) is 99.4 Å². The van der Waals surface area contributed by atoms with Gasteiger partial charge in [0.05, 0.1) is 11.2 Å². The summed E-state index contributed by atoms with van der Waals surface area (Å²) < 4.78 is 46.1. The highest BCUT2D eigenvalue weighted by atomic mass is 79.9. The van der Waals surface area contributed by atoms with Gasteiger partial charge in [-0.05, 0) is 61.3 Å². The second-order valence-electron chi connectivity index (χ2n) is 10.1. The van der Waals surface area contributed by atoms with Crippen molar-refractivity contribution in [1.29, 1.82) is 0 Å². The van der Waals surface area contributed by atoms with Gasteiger partial charge in [0.25, 0.3) is 0 Å². The van der Waals surface area contributed by atoms with E-state index >= 15 is 0 Å². The summed E-state index contributed by atoms with van der Waals surface area (Å²) in [7, 11) is 3.38. The number of imidazole rings is 1. The number of fused-ring (bicyclic) bond motifs is 1. The lowest BCUT2D eigenvalue weighted by Crippen LogP contribution is -2.22. The van der Waals surface area contributed by atoms with Gasteiger partial charge in [0.2, 0.25) is 0 Å². The van der Waals surface area contributed by atoms with E-state index in [2.05, 4.69) is 26.0 Å². The summed E-state index contributed by atoms with van der Waals surface area (Å²) in [4.78, 5) is 23.3. The third kappa shape index (κ3) is 6.25. The molecule has 2 aromatic carbocycles. The average molecular weight is 625 g/mol. The Morgan fingerprint density at radius 3 is 2.61 bits per heavy atom. The molecule has 0 saturated heterocycles. The number of benzene rings is 2. The number of alkyl halides is 3. The molecule has 5 rings (SSSR count). The van der Waals surface area contributed by atoms with E-state index < -0.39 is 11.9 Å². The molecule has 5 aromatic rings. The maximum absolute atomic E-state index is 14.0. The molecule has 0 N–H and O–H groups in total. The Balaban J connectivity index is 1.49. The van der Waals surface area contributed by atoms with Crippen molar-refractivity contribution in [3.63, 3.8) is 0 Å². The summed E-state index contributed by atoms with van der Waals surface area (Å²) in [5.74, 6) is 0.760. The number of likely N-dealkylation sites (N-methyl/N-ethyl adjacent to an activating group) is 1. The maximum Gasteiger partial charge on any atom is 0.435 e. The average Bonchev–Trinajstić information content (AvgIpc) is 3.52. The molecule has 41 heavy (non-hydrogen) atoms. The Morgan fingerprint density at radius 1 is 1.12 bits per heavy atom. The highest BCUT2D eigenvalue weighted by Crippen LogP contribution is 2.39. The fourth-order valence-corrected chi connectivity index (χ4v) is 5.66. The fraction of sp³-hybridized carbons (Fsp3) is 0.267. The number of aryl methyl sites for hydroxylation is 2. The van der Waals surface area contributed by atoms with Gasteiger partial charge in [-0.1, -0.05) is 34.1 Å². The first-order chi connectivity index (χ1) is 19.5. The minimum Gasteiger partial charge on any atom is -0.331 e. The Labute approximate surface area is 243 Å². The van der Waals surface area contributed by atoms with Crippen LogP contribution in [0.4, 0.5) is 13.2 Å². The molecule has 0 aliphatic rings. The van der Waals surface area contributed by atoms with E-state index in [0.717, 1.165) is 31.6 Å². The smallest absolute Gasteiger partial charge is 0.331 e. The van der Waals surface area contributed by atoms with Gasteiger partial charge in [0, 0.05) is 66.3 Å². The molecule has 0 bridgehead atoms. The third-order valence-electron chi connectivity index (χ3n) is 7.03. The number of para-hydroxylation sites is 1. The van der Waals surface area contributed by atoms with E-state index in [9.17, 15) is 18.0 Å². The Morgan fingerprint density at radius 2 is 1.90 bits per heavy atom. The predicted molar refractivity (Wildman–Crippen MR) is 155 cm³/mol. The molecule has 0 radical (unpaired) electrons. The minimum absolute atomic E-state index is 0.0508. The van der Waals surface area contributed by atoms with Crippen LogP contribution in [0.25, 0.3) is 22.0 Å². The topological polar surface area (TPSA) is 68.8 Å². The number of pyridine rings is 1. The normalized spacial score (nSPS) is 12.0. The van der Waals surface area contributed by atoms with Gasteiger partial charge in [-0.25, -0.2) is 4.98 Å². The van der Waals surface area contributed by atoms with Gasteiger partial charge >= 0.3 is 6.18 Å². The molecule has 0 atom stereocenters. The monoisotopic (exact) mass is 624 g/mol. The Kier molecular flexibility index (Phi) is 8.10. The molecule has 0 spiro atoms. The Hall–Kier alpha value is -3.83. The zero-order valence-corrected chi connectivity index (χ0v) is 24.4. The van der Waals surface area contributed by atoms with Gasteiger partial charge in [0.15, 0.2) is 5.69 Å². The van der Waals surface area contributed by atoms with Crippen molar-refractivity contribution >= 4 is 33.1 Å². The number of halogens is 4. The fourth-order valence-electron chi connectivity index (χ4n) is 5.06. The summed E-state index contributed by atoms with van der Waals surface area (Å²) in [6.07, 6.45) is 1.23. The number of hydrogen-bond acceptors (Lipinski definition) is 5. The first-order valence-electron chi connectivity index (χ1n) is 13.0. The van der Waals surface area contributed by atoms with Crippen LogP contribution in [0.1, 0.15) is 38.7 Å². The largest absolute Gasteiger partial charge is 0.435 e. The molecular formula is C30H28BrF3N6O. The minimum atomic E-state index is -4.65. The maximum atomic E-state index is 14.0. The van der Waals surface area contributed by atoms with Crippen LogP contribution in [0.15, 0.2) is 65.5 Å². The van der Waals surface area contributed by atoms with Gasteiger partial charge in [0.1, 0.15) is 12.1 Å². The van der Waals surface area contributed by atoms with E-state index in [0.29, 0.717) is 54.6 Å². The summed E-state index contributed by atoms with van der Waals surface area (Å²) >= 11 is 3.62. The van der Waals surface area contributed by atoms with Crippen molar-refractivity contribution in [2.75, 3.05) is 13.6 Å². The van der Waals surface area contributed by atoms with Crippen LogP contribution in [-0.2, 0) is 32.7 Å². The van der Waals surface area contributed by atoms with Crippen molar-refractivity contribution in [3.8, 4) is 11.1 Å². The van der Waals surface area contributed by atoms with Gasteiger partial charge in [-0.3, -0.25) is 14.5 Å². The van der Waals surface area contributed by atoms with Crippen LogP contribution in [0.3, 0.4) is 0 Å². The second kappa shape index (κ2) is 11.6. The molecule has 0 fully saturated rings. The quantitative estimate of drug-likeness (QED) is 0.176. The first kappa shape index (κ1) is 28.7. The van der Waals surface area contributed by atoms with Crippen molar-refractivity contribution in [2.24, 2.45) is 7.05 Å². The van der Waals surface area contributed by atoms with Gasteiger partial charge < -0.3 is 9.47 Å². The van der Waals surface area contributed by atoms with Crippen LogP contribution < -0.4 is 0 Å². The molecule has 3 heterocycles. The van der Waals surface area contributed by atoms with E-state index in [4.69, 9.17) is 4.98 Å². The number of carbonyl (C=O) groups is 1. The number of carbonyl (C=O) groups excluding carboxylic acids is 1. The van der Waals surface area contributed by atoms with Crippen LogP contribution in [0.2, 0.25) is 0 Å². The number of nitrogens with zero attached hydrogens (tertiary/aromatic N) is 6. The van der Waals surface area contributed by atoms with Crippen LogP contribution >= 0.6 is 15.9 Å². The van der Waals surface area contributed by atoms with Crippen LogP contribution in [-0.4, -0.2) is 49.1 Å². The van der Waals surface area contributed by atoms with E-state index in [1.54, 1.807) is 24.5 Å². The lowest BCUT2D eigenvalue weighted by Gasteiger charge is -2.20. The third-order valence-corrected chi connectivity index (χ3v) is 7.69. The molecule has 0 unspecified atom stereocenters. The summed E-state index contributed by atoms with van der Waals surface area (Å²) in [5, 5.41) is 4.74. The van der Waals surface area contributed by atoms with Crippen LogP contribution in [0, 0.1) is 6.92 Å². The number of hydrogen-bond donors (Lipinski definition) is 0. The molecule has 0 saturated carbocycles. The standard InChI is InChI=1S/C30H28BrF3N6O/c1-19-35-9-11-40(19)15-20-12-21(18-41)23(25(13-20)26-17-39(3)37-29(26)30(32,33)34)8-10-38(2)16-22-14-27(31)24-6-4-5-7-28(24)36-22/h4-7,9,11-14,17-18H,8,10,15-16H2,1-3H3. The molecule has 0 amide bonds. The molecular weight excluding hydrogens is 597 g/mol. The van der Waals surface area contributed by atoms with Crippen molar-refractivity contribution in [1.82, 2.24) is 29.2 Å². The zero-order valence-electron chi connectivity index (χ0n) is 22.8. The Bertz CT molecular complexity index is 1730. The molecule has 3 aromatic heterocycles. The second-order valence-corrected chi connectivity index (χ2v) is 10.9. The van der Waals surface area contributed by atoms with Crippen molar-refractivity contribution in [2.45, 2.75) is 32.6 Å². The van der Waals surface area contributed by atoms with Gasteiger partial charge in [-0.2, -0.15) is 18.3 Å². The first-order valence-corrected chi connectivity index (χ1v) is 13.8.